The summed E-state index contributed by atoms with van der Waals surface area (Å²) in [5.74, 6) is 1.10. The number of hydrogen-bond acceptors (Lipinski definition) is 4. The van der Waals surface area contributed by atoms with E-state index in [2.05, 4.69) is 19.1 Å². The third-order valence-electron chi connectivity index (χ3n) is 9.60. The van der Waals surface area contributed by atoms with E-state index in [-0.39, 0.29) is 17.4 Å². The first-order valence-electron chi connectivity index (χ1n) is 12.3. The van der Waals surface area contributed by atoms with Crippen LogP contribution in [0.5, 0.6) is 0 Å². The molecule has 174 valence electrons. The van der Waals surface area contributed by atoms with Gasteiger partial charge in [-0.1, -0.05) is 25.1 Å². The minimum atomic E-state index is -0.893. The van der Waals surface area contributed by atoms with Crippen molar-refractivity contribution in [2.45, 2.75) is 81.3 Å². The molecule has 4 aliphatic carbocycles. The van der Waals surface area contributed by atoms with Gasteiger partial charge in [0.05, 0.1) is 16.6 Å². The zero-order valence-electron chi connectivity index (χ0n) is 19.1. The lowest BCUT2D eigenvalue weighted by Crippen LogP contribution is -2.62. The Morgan fingerprint density at radius 3 is 2.69 bits per heavy atom. The molecule has 32 heavy (non-hydrogen) atoms. The minimum Gasteiger partial charge on any atom is -0.405 e. The van der Waals surface area contributed by atoms with E-state index < -0.39 is 10.5 Å². The van der Waals surface area contributed by atoms with Crippen LogP contribution in [0.2, 0.25) is 0 Å². The average Bonchev–Trinajstić information content (AvgIpc) is 3.05. The Kier molecular flexibility index (Phi) is 5.43. The standard InChI is InChI=1S/C27H37ClN2O2/c1-25-11-12-26(28)16-20-14-21(31)5-4-17(20)8-10-27(26,32)24(25)7-6-22(25)19-3-2-18(9-13-29)23(30)15-19/h2-3,6,9,13,15,17,20-21,24,31-32H,4-5,7-8,10-12,14,16,29-30H2,1H3/b13-9-/t17?,20?,21?,24?,25?,26?,27-/m0/s1. The van der Waals surface area contributed by atoms with Gasteiger partial charge in [-0.3, -0.25) is 0 Å². The summed E-state index contributed by atoms with van der Waals surface area (Å²) in [6, 6.07) is 6.20. The fourth-order valence-electron chi connectivity index (χ4n) is 7.81. The monoisotopic (exact) mass is 456 g/mol. The minimum absolute atomic E-state index is 0.103. The maximum absolute atomic E-state index is 12.3. The SMILES string of the molecule is CC12CCC3(Cl)CC4CC(O)CCC4CC[C@]3(O)C1CC=C2c1ccc(/C=C\N)c(N)c1. The van der Waals surface area contributed by atoms with E-state index in [9.17, 15) is 10.2 Å². The first-order valence-corrected chi connectivity index (χ1v) is 12.7. The fraction of sp³-hybridized carbons (Fsp3) is 0.630. The van der Waals surface area contributed by atoms with Crippen molar-refractivity contribution in [3.63, 3.8) is 0 Å². The number of aliphatic hydroxyl groups excluding tert-OH is 1. The number of aliphatic hydroxyl groups is 2. The number of nitrogens with two attached hydrogens (primary N) is 2. The van der Waals surface area contributed by atoms with Crippen molar-refractivity contribution in [2.24, 2.45) is 28.9 Å². The van der Waals surface area contributed by atoms with E-state index in [1.54, 1.807) is 0 Å². The molecule has 0 aromatic heterocycles. The van der Waals surface area contributed by atoms with E-state index in [4.69, 9.17) is 23.1 Å². The summed E-state index contributed by atoms with van der Waals surface area (Å²) in [6.07, 6.45) is 13.4. The van der Waals surface area contributed by atoms with Crippen molar-refractivity contribution in [3.8, 4) is 0 Å². The van der Waals surface area contributed by atoms with Gasteiger partial charge in [-0.25, -0.2) is 0 Å². The maximum atomic E-state index is 12.3. The van der Waals surface area contributed by atoms with Gasteiger partial charge in [0.1, 0.15) is 0 Å². The van der Waals surface area contributed by atoms with Crippen molar-refractivity contribution in [2.75, 3.05) is 5.73 Å². The highest BCUT2D eigenvalue weighted by atomic mass is 35.5. The van der Waals surface area contributed by atoms with Gasteiger partial charge in [0, 0.05) is 11.6 Å². The summed E-state index contributed by atoms with van der Waals surface area (Å²) in [6.45, 7) is 2.32. The van der Waals surface area contributed by atoms with Crippen molar-refractivity contribution >= 4 is 28.9 Å². The normalized spacial score (nSPS) is 43.8. The molecule has 5 heteroatoms. The third kappa shape index (κ3) is 3.25. The van der Waals surface area contributed by atoms with Crippen molar-refractivity contribution in [3.05, 3.63) is 41.6 Å². The zero-order chi connectivity index (χ0) is 22.7. The summed E-state index contributed by atoms with van der Waals surface area (Å²) in [7, 11) is 0. The molecule has 1 aromatic rings. The summed E-state index contributed by atoms with van der Waals surface area (Å²) < 4.78 is 0. The highest BCUT2D eigenvalue weighted by Crippen LogP contribution is 2.67. The number of anilines is 1. The van der Waals surface area contributed by atoms with E-state index >= 15 is 0 Å². The smallest absolute Gasteiger partial charge is 0.0878 e. The summed E-state index contributed by atoms with van der Waals surface area (Å²) in [5, 5.41) is 22.6. The molecule has 3 fully saturated rings. The average molecular weight is 457 g/mol. The van der Waals surface area contributed by atoms with Crippen LogP contribution in [0.1, 0.15) is 75.8 Å². The number of alkyl halides is 1. The number of halogens is 1. The lowest BCUT2D eigenvalue weighted by molar-refractivity contribution is -0.118. The van der Waals surface area contributed by atoms with Gasteiger partial charge >= 0.3 is 0 Å². The van der Waals surface area contributed by atoms with Crippen LogP contribution >= 0.6 is 11.6 Å². The molecule has 0 aliphatic heterocycles. The zero-order valence-corrected chi connectivity index (χ0v) is 19.8. The lowest BCUT2D eigenvalue weighted by Gasteiger charge is -2.57. The predicted molar refractivity (Wildman–Crippen MR) is 132 cm³/mol. The van der Waals surface area contributed by atoms with E-state index in [1.165, 1.54) is 11.8 Å². The van der Waals surface area contributed by atoms with E-state index in [1.807, 2.05) is 18.2 Å². The molecular weight excluding hydrogens is 420 g/mol. The van der Waals surface area contributed by atoms with Crippen LogP contribution in [0.25, 0.3) is 11.6 Å². The summed E-state index contributed by atoms with van der Waals surface area (Å²) in [5.41, 5.74) is 14.9. The maximum Gasteiger partial charge on any atom is 0.0878 e. The number of allylic oxidation sites excluding steroid dienone is 2. The van der Waals surface area contributed by atoms with Gasteiger partial charge in [0.25, 0.3) is 0 Å². The van der Waals surface area contributed by atoms with Crippen LogP contribution in [0.4, 0.5) is 5.69 Å². The van der Waals surface area contributed by atoms with Crippen LogP contribution < -0.4 is 11.5 Å². The Balaban J connectivity index is 1.47. The highest BCUT2D eigenvalue weighted by Gasteiger charge is 2.65. The molecule has 3 saturated carbocycles. The van der Waals surface area contributed by atoms with Crippen molar-refractivity contribution in [1.29, 1.82) is 0 Å². The van der Waals surface area contributed by atoms with Crippen LogP contribution in [-0.2, 0) is 0 Å². The summed E-state index contributed by atoms with van der Waals surface area (Å²) in [4.78, 5) is -0.605. The topological polar surface area (TPSA) is 92.5 Å². The highest BCUT2D eigenvalue weighted by molar-refractivity contribution is 6.25. The molecule has 0 spiro atoms. The molecule has 7 atom stereocenters. The van der Waals surface area contributed by atoms with Gasteiger partial charge in [0.2, 0.25) is 0 Å². The lowest BCUT2D eigenvalue weighted by atomic mass is 9.53. The largest absolute Gasteiger partial charge is 0.405 e. The molecule has 4 nitrogen and oxygen atoms in total. The molecule has 0 bridgehead atoms. The second-order valence-electron chi connectivity index (χ2n) is 11.1. The predicted octanol–water partition coefficient (Wildman–Crippen LogP) is 5.07. The first-order chi connectivity index (χ1) is 15.2. The fourth-order valence-corrected chi connectivity index (χ4v) is 8.33. The van der Waals surface area contributed by atoms with Crippen molar-refractivity contribution < 1.29 is 10.2 Å². The number of benzene rings is 1. The number of rotatable bonds is 2. The van der Waals surface area contributed by atoms with Gasteiger partial charge in [0.15, 0.2) is 0 Å². The van der Waals surface area contributed by atoms with Gasteiger partial charge in [-0.05, 0) is 110 Å². The van der Waals surface area contributed by atoms with Gasteiger partial charge in [-0.2, -0.15) is 0 Å². The first kappa shape index (κ1) is 22.3. The third-order valence-corrected chi connectivity index (χ3v) is 10.3. The number of hydrogen-bond donors (Lipinski definition) is 4. The quantitative estimate of drug-likeness (QED) is 0.369. The molecular formula is C27H37ClN2O2. The Morgan fingerprint density at radius 2 is 1.94 bits per heavy atom. The molecule has 4 aliphatic rings. The molecule has 0 amide bonds. The molecule has 0 radical (unpaired) electrons. The molecule has 0 heterocycles. The van der Waals surface area contributed by atoms with Crippen LogP contribution in [0.3, 0.4) is 0 Å². The van der Waals surface area contributed by atoms with E-state index in [0.29, 0.717) is 11.8 Å². The number of fused-ring (bicyclic) bond motifs is 4. The second kappa shape index (κ2) is 7.78. The van der Waals surface area contributed by atoms with Gasteiger partial charge < -0.3 is 21.7 Å². The van der Waals surface area contributed by atoms with Crippen LogP contribution in [0, 0.1) is 23.2 Å². The van der Waals surface area contributed by atoms with Crippen LogP contribution in [0.15, 0.2) is 30.5 Å². The molecule has 1 aromatic carbocycles. The molecule has 5 rings (SSSR count). The molecule has 6 unspecified atom stereocenters. The Labute approximate surface area is 196 Å². The van der Waals surface area contributed by atoms with Crippen LogP contribution in [-0.4, -0.2) is 26.8 Å². The molecule has 6 N–H and O–H groups in total. The Hall–Kier alpha value is -1.49. The molecule has 0 saturated heterocycles. The summed E-state index contributed by atoms with van der Waals surface area (Å²) >= 11 is 7.40. The number of nitrogen functional groups attached to an aromatic ring is 1. The van der Waals surface area contributed by atoms with Gasteiger partial charge in [-0.15, -0.1) is 11.6 Å². The Morgan fingerprint density at radius 1 is 1.12 bits per heavy atom. The van der Waals surface area contributed by atoms with Crippen molar-refractivity contribution in [1.82, 2.24) is 0 Å². The Bertz CT molecular complexity index is 961. The second-order valence-corrected chi connectivity index (χ2v) is 11.9. The van der Waals surface area contributed by atoms with E-state index in [0.717, 1.165) is 74.6 Å².